The van der Waals surface area contributed by atoms with E-state index in [1.165, 1.54) is 6.26 Å². The summed E-state index contributed by atoms with van der Waals surface area (Å²) in [7, 11) is 0. The zero-order valence-electron chi connectivity index (χ0n) is 8.23. The van der Waals surface area contributed by atoms with Crippen LogP contribution < -0.4 is 5.32 Å². The van der Waals surface area contributed by atoms with E-state index < -0.39 is 11.9 Å². The molecule has 1 rings (SSSR count). The maximum absolute atomic E-state index is 10.6. The number of carboxylic acid groups (broad SMARTS) is 1. The van der Waals surface area contributed by atoms with Gasteiger partial charge in [-0.25, -0.2) is 0 Å². The number of aromatic nitrogens is 1. The highest BCUT2D eigenvalue weighted by atomic mass is 16.5. The van der Waals surface area contributed by atoms with Crippen molar-refractivity contribution in [2.45, 2.75) is 26.4 Å². The lowest BCUT2D eigenvalue weighted by Crippen LogP contribution is -2.35. The van der Waals surface area contributed by atoms with Crippen LogP contribution in [0.4, 0.5) is 0 Å². The lowest BCUT2D eigenvalue weighted by molar-refractivity contribution is -0.141. The fourth-order valence-corrected chi connectivity index (χ4v) is 0.985. The van der Waals surface area contributed by atoms with Crippen molar-refractivity contribution in [3.05, 3.63) is 18.0 Å². The first-order chi connectivity index (χ1) is 6.61. The van der Waals surface area contributed by atoms with Crippen molar-refractivity contribution >= 4 is 5.97 Å². The van der Waals surface area contributed by atoms with Crippen molar-refractivity contribution in [1.29, 1.82) is 0 Å². The summed E-state index contributed by atoms with van der Waals surface area (Å²) < 4.78 is 4.65. The SMILES string of the molecule is CC(NCc1ccon1)C(C)C(=O)O. The van der Waals surface area contributed by atoms with Gasteiger partial charge in [0.1, 0.15) is 6.26 Å². The smallest absolute Gasteiger partial charge is 0.307 e. The zero-order chi connectivity index (χ0) is 10.6. The number of hydrogen-bond donors (Lipinski definition) is 2. The van der Waals surface area contributed by atoms with Gasteiger partial charge in [0.25, 0.3) is 0 Å². The second-order valence-electron chi connectivity index (χ2n) is 3.29. The Hall–Kier alpha value is -1.36. The molecule has 5 heteroatoms. The Balaban J connectivity index is 2.34. The minimum atomic E-state index is -0.801. The number of carboxylic acids is 1. The van der Waals surface area contributed by atoms with Gasteiger partial charge in [0.05, 0.1) is 11.6 Å². The molecule has 1 aromatic rings. The Labute approximate surface area is 82.1 Å². The largest absolute Gasteiger partial charge is 0.481 e. The summed E-state index contributed by atoms with van der Waals surface area (Å²) >= 11 is 0. The standard InChI is InChI=1S/C9H14N2O3/c1-6(9(12)13)7(2)10-5-8-3-4-14-11-8/h3-4,6-7,10H,5H2,1-2H3,(H,12,13). The van der Waals surface area contributed by atoms with E-state index >= 15 is 0 Å². The molecule has 0 radical (unpaired) electrons. The van der Waals surface area contributed by atoms with Crippen molar-refractivity contribution in [3.8, 4) is 0 Å². The molecule has 78 valence electrons. The van der Waals surface area contributed by atoms with Crippen LogP contribution in [0.15, 0.2) is 16.9 Å². The predicted molar refractivity (Wildman–Crippen MR) is 49.6 cm³/mol. The molecule has 0 saturated carbocycles. The summed E-state index contributed by atoms with van der Waals surface area (Å²) in [5, 5.41) is 15.5. The highest BCUT2D eigenvalue weighted by Gasteiger charge is 2.18. The van der Waals surface area contributed by atoms with E-state index in [0.717, 1.165) is 5.69 Å². The minimum absolute atomic E-state index is 0.0933. The fraction of sp³-hybridized carbons (Fsp3) is 0.556. The molecule has 0 aliphatic heterocycles. The molecule has 5 nitrogen and oxygen atoms in total. The quantitative estimate of drug-likeness (QED) is 0.734. The molecule has 0 aromatic carbocycles. The van der Waals surface area contributed by atoms with Crippen molar-refractivity contribution < 1.29 is 14.4 Å². The maximum Gasteiger partial charge on any atom is 0.307 e. The molecule has 0 amide bonds. The molecule has 1 aromatic heterocycles. The van der Waals surface area contributed by atoms with Crippen molar-refractivity contribution in [3.63, 3.8) is 0 Å². The van der Waals surface area contributed by atoms with Crippen molar-refractivity contribution in [2.75, 3.05) is 0 Å². The van der Waals surface area contributed by atoms with Gasteiger partial charge < -0.3 is 14.9 Å². The minimum Gasteiger partial charge on any atom is -0.481 e. The molecule has 2 unspecified atom stereocenters. The number of aliphatic carboxylic acids is 1. The predicted octanol–water partition coefficient (Wildman–Crippen LogP) is 0.873. The molecule has 0 spiro atoms. The first-order valence-electron chi connectivity index (χ1n) is 4.46. The molecular weight excluding hydrogens is 184 g/mol. The molecule has 0 aliphatic carbocycles. The van der Waals surface area contributed by atoms with Crippen LogP contribution in [0.5, 0.6) is 0 Å². The molecule has 0 saturated heterocycles. The molecule has 0 fully saturated rings. The molecule has 14 heavy (non-hydrogen) atoms. The second kappa shape index (κ2) is 4.76. The van der Waals surface area contributed by atoms with E-state index in [-0.39, 0.29) is 6.04 Å². The van der Waals surface area contributed by atoms with Gasteiger partial charge in [-0.2, -0.15) is 0 Å². The molecule has 1 heterocycles. The van der Waals surface area contributed by atoms with Gasteiger partial charge in [0.2, 0.25) is 0 Å². The number of nitrogens with zero attached hydrogens (tertiary/aromatic N) is 1. The van der Waals surface area contributed by atoms with Crippen LogP contribution in [0.2, 0.25) is 0 Å². The van der Waals surface area contributed by atoms with E-state index in [1.807, 2.05) is 6.92 Å². The average molecular weight is 198 g/mol. The third-order valence-electron chi connectivity index (χ3n) is 2.24. The lowest BCUT2D eigenvalue weighted by atomic mass is 10.0. The van der Waals surface area contributed by atoms with Gasteiger partial charge in [-0.1, -0.05) is 12.1 Å². The van der Waals surface area contributed by atoms with Crippen LogP contribution in [0, 0.1) is 5.92 Å². The van der Waals surface area contributed by atoms with Gasteiger partial charge in [-0.05, 0) is 6.92 Å². The summed E-state index contributed by atoms with van der Waals surface area (Å²) in [5.74, 6) is -1.22. The van der Waals surface area contributed by atoms with E-state index in [0.29, 0.717) is 6.54 Å². The normalized spacial score (nSPS) is 15.0. The summed E-state index contributed by atoms with van der Waals surface area (Å²) in [5.41, 5.74) is 0.773. The maximum atomic E-state index is 10.6. The highest BCUT2D eigenvalue weighted by molar-refractivity contribution is 5.70. The summed E-state index contributed by atoms with van der Waals surface area (Å²) in [4.78, 5) is 10.6. The fourth-order valence-electron chi connectivity index (χ4n) is 0.985. The van der Waals surface area contributed by atoms with Crippen LogP contribution in [-0.2, 0) is 11.3 Å². The van der Waals surface area contributed by atoms with Gasteiger partial charge in [-0.15, -0.1) is 0 Å². The average Bonchev–Trinajstić information content (AvgIpc) is 2.65. The molecule has 2 N–H and O–H groups in total. The Morgan fingerprint density at radius 1 is 1.71 bits per heavy atom. The zero-order valence-corrected chi connectivity index (χ0v) is 8.23. The Morgan fingerprint density at radius 3 is 2.93 bits per heavy atom. The third kappa shape index (κ3) is 2.85. The van der Waals surface area contributed by atoms with Gasteiger partial charge in [-0.3, -0.25) is 4.79 Å². The third-order valence-corrected chi connectivity index (χ3v) is 2.24. The van der Waals surface area contributed by atoms with Crippen LogP contribution in [0.3, 0.4) is 0 Å². The van der Waals surface area contributed by atoms with Crippen LogP contribution in [0.25, 0.3) is 0 Å². The number of rotatable bonds is 5. The van der Waals surface area contributed by atoms with Gasteiger partial charge in [0, 0.05) is 18.7 Å². The highest BCUT2D eigenvalue weighted by Crippen LogP contribution is 2.03. The number of nitrogens with one attached hydrogen (secondary N) is 1. The van der Waals surface area contributed by atoms with Crippen LogP contribution >= 0.6 is 0 Å². The molecule has 0 bridgehead atoms. The Kier molecular flexibility index (Phi) is 3.64. The summed E-state index contributed by atoms with van der Waals surface area (Å²) in [6.07, 6.45) is 1.49. The molecular formula is C9H14N2O3. The molecule has 2 atom stereocenters. The first-order valence-corrected chi connectivity index (χ1v) is 4.46. The van der Waals surface area contributed by atoms with Gasteiger partial charge in [0.15, 0.2) is 0 Å². The Morgan fingerprint density at radius 2 is 2.43 bits per heavy atom. The van der Waals surface area contributed by atoms with Crippen molar-refractivity contribution in [1.82, 2.24) is 10.5 Å². The topological polar surface area (TPSA) is 75.4 Å². The Bertz CT molecular complexity index is 284. The van der Waals surface area contributed by atoms with E-state index in [1.54, 1.807) is 13.0 Å². The van der Waals surface area contributed by atoms with Crippen molar-refractivity contribution in [2.24, 2.45) is 5.92 Å². The number of carbonyl (C=O) groups is 1. The summed E-state index contributed by atoms with van der Waals surface area (Å²) in [6.45, 7) is 4.02. The molecule has 0 aliphatic rings. The van der Waals surface area contributed by atoms with E-state index in [2.05, 4.69) is 15.0 Å². The number of hydrogen-bond acceptors (Lipinski definition) is 4. The second-order valence-corrected chi connectivity index (χ2v) is 3.29. The summed E-state index contributed by atoms with van der Waals surface area (Å²) in [6, 6.07) is 1.65. The van der Waals surface area contributed by atoms with E-state index in [9.17, 15) is 4.79 Å². The van der Waals surface area contributed by atoms with Gasteiger partial charge >= 0.3 is 5.97 Å². The lowest BCUT2D eigenvalue weighted by Gasteiger charge is -2.16. The monoisotopic (exact) mass is 198 g/mol. The first kappa shape index (κ1) is 10.7. The van der Waals surface area contributed by atoms with E-state index in [4.69, 9.17) is 5.11 Å². The van der Waals surface area contributed by atoms with Crippen LogP contribution in [-0.4, -0.2) is 22.3 Å². The van der Waals surface area contributed by atoms with Crippen LogP contribution in [0.1, 0.15) is 19.5 Å².